The topological polar surface area (TPSA) is 94.1 Å². The SMILES string of the molecule is Cc1noc(CN(C)C(=O)Cn2cnc3ccsc3c2=O)n1. The van der Waals surface area contributed by atoms with Gasteiger partial charge in [0.05, 0.1) is 18.4 Å². The van der Waals surface area contributed by atoms with E-state index in [4.69, 9.17) is 4.52 Å². The molecule has 0 spiro atoms. The van der Waals surface area contributed by atoms with E-state index >= 15 is 0 Å². The summed E-state index contributed by atoms with van der Waals surface area (Å²) >= 11 is 1.31. The summed E-state index contributed by atoms with van der Waals surface area (Å²) in [4.78, 5) is 34.1. The van der Waals surface area contributed by atoms with Crippen molar-refractivity contribution in [2.45, 2.75) is 20.0 Å². The zero-order chi connectivity index (χ0) is 15.7. The zero-order valence-electron chi connectivity index (χ0n) is 12.0. The fraction of sp³-hybridized carbons (Fsp3) is 0.308. The minimum atomic E-state index is -0.240. The van der Waals surface area contributed by atoms with Crippen LogP contribution in [0.1, 0.15) is 11.7 Å². The van der Waals surface area contributed by atoms with Gasteiger partial charge >= 0.3 is 0 Å². The van der Waals surface area contributed by atoms with E-state index in [1.165, 1.54) is 27.1 Å². The van der Waals surface area contributed by atoms with Crippen molar-refractivity contribution in [3.05, 3.63) is 39.8 Å². The summed E-state index contributed by atoms with van der Waals surface area (Å²) < 4.78 is 6.82. The largest absolute Gasteiger partial charge is 0.337 e. The molecule has 0 aromatic carbocycles. The first-order valence-corrected chi connectivity index (χ1v) is 7.38. The predicted octanol–water partition coefficient (Wildman–Crippen LogP) is 0.808. The van der Waals surface area contributed by atoms with Crippen molar-refractivity contribution in [2.24, 2.45) is 0 Å². The Bertz CT molecular complexity index is 881. The number of fused-ring (bicyclic) bond motifs is 1. The number of hydrogen-bond donors (Lipinski definition) is 0. The number of aromatic nitrogens is 4. The Morgan fingerprint density at radius 2 is 2.32 bits per heavy atom. The Hall–Kier alpha value is -2.55. The molecular weight excluding hydrogens is 306 g/mol. The third-order valence-corrected chi connectivity index (χ3v) is 4.00. The molecule has 0 radical (unpaired) electrons. The second-order valence-electron chi connectivity index (χ2n) is 4.80. The monoisotopic (exact) mass is 319 g/mol. The lowest BCUT2D eigenvalue weighted by molar-refractivity contribution is -0.131. The predicted molar refractivity (Wildman–Crippen MR) is 79.4 cm³/mol. The molecule has 3 aromatic rings. The van der Waals surface area contributed by atoms with Gasteiger partial charge in [0.15, 0.2) is 5.82 Å². The van der Waals surface area contributed by atoms with Crippen LogP contribution in [0.15, 0.2) is 27.1 Å². The third-order valence-electron chi connectivity index (χ3n) is 3.11. The highest BCUT2D eigenvalue weighted by atomic mass is 32.1. The Labute approximate surface area is 129 Å². The zero-order valence-corrected chi connectivity index (χ0v) is 12.8. The third kappa shape index (κ3) is 2.75. The molecule has 0 aliphatic heterocycles. The molecule has 3 heterocycles. The van der Waals surface area contributed by atoms with E-state index in [1.54, 1.807) is 25.4 Å². The summed E-state index contributed by atoms with van der Waals surface area (Å²) in [6.45, 7) is 1.82. The number of carbonyl (C=O) groups excluding carboxylic acids is 1. The lowest BCUT2D eigenvalue weighted by Gasteiger charge is -2.15. The van der Waals surface area contributed by atoms with E-state index in [0.717, 1.165) is 0 Å². The van der Waals surface area contributed by atoms with E-state index in [0.29, 0.717) is 21.9 Å². The van der Waals surface area contributed by atoms with Crippen LogP contribution in [-0.2, 0) is 17.9 Å². The fourth-order valence-corrected chi connectivity index (χ4v) is 2.75. The summed E-state index contributed by atoms with van der Waals surface area (Å²) in [5, 5.41) is 5.47. The molecule has 0 aliphatic carbocycles. The average Bonchev–Trinajstić information content (AvgIpc) is 3.11. The Kier molecular flexibility index (Phi) is 3.72. The Balaban J connectivity index is 1.74. The first-order chi connectivity index (χ1) is 10.5. The Morgan fingerprint density at radius 3 is 3.05 bits per heavy atom. The molecule has 22 heavy (non-hydrogen) atoms. The van der Waals surface area contributed by atoms with Crippen molar-refractivity contribution in [3.8, 4) is 0 Å². The van der Waals surface area contributed by atoms with Gasteiger partial charge < -0.3 is 9.42 Å². The molecule has 0 atom stereocenters. The van der Waals surface area contributed by atoms with Gasteiger partial charge in [-0.2, -0.15) is 4.98 Å². The molecule has 0 fully saturated rings. The smallest absolute Gasteiger partial charge is 0.271 e. The van der Waals surface area contributed by atoms with Gasteiger partial charge in [-0.3, -0.25) is 14.2 Å². The number of amides is 1. The summed E-state index contributed by atoms with van der Waals surface area (Å²) in [6.07, 6.45) is 1.39. The maximum absolute atomic E-state index is 12.2. The molecule has 3 rings (SSSR count). The highest BCUT2D eigenvalue weighted by Crippen LogP contribution is 2.13. The lowest BCUT2D eigenvalue weighted by atomic mass is 10.4. The van der Waals surface area contributed by atoms with E-state index in [2.05, 4.69) is 15.1 Å². The van der Waals surface area contributed by atoms with Gasteiger partial charge in [-0.25, -0.2) is 4.98 Å². The van der Waals surface area contributed by atoms with Crippen LogP contribution in [0.5, 0.6) is 0 Å². The molecular formula is C13H13N5O3S. The van der Waals surface area contributed by atoms with Crippen LogP contribution < -0.4 is 5.56 Å². The van der Waals surface area contributed by atoms with Crippen LogP contribution in [0.4, 0.5) is 0 Å². The van der Waals surface area contributed by atoms with Crippen molar-refractivity contribution in [1.29, 1.82) is 0 Å². The van der Waals surface area contributed by atoms with Gasteiger partial charge in [0, 0.05) is 7.05 Å². The number of carbonyl (C=O) groups is 1. The van der Waals surface area contributed by atoms with Crippen LogP contribution in [0.3, 0.4) is 0 Å². The lowest BCUT2D eigenvalue weighted by Crippen LogP contribution is -2.33. The number of nitrogens with zero attached hydrogens (tertiary/aromatic N) is 5. The van der Waals surface area contributed by atoms with Crippen molar-refractivity contribution in [3.63, 3.8) is 0 Å². The summed E-state index contributed by atoms with van der Waals surface area (Å²) in [5.41, 5.74) is 0.434. The molecule has 8 nitrogen and oxygen atoms in total. The molecule has 0 N–H and O–H groups in total. The molecule has 3 aromatic heterocycles. The highest BCUT2D eigenvalue weighted by molar-refractivity contribution is 7.17. The molecule has 9 heteroatoms. The molecule has 1 amide bonds. The summed E-state index contributed by atoms with van der Waals surface area (Å²) in [6, 6.07) is 1.78. The van der Waals surface area contributed by atoms with Gasteiger partial charge in [-0.1, -0.05) is 5.16 Å². The van der Waals surface area contributed by atoms with Crippen molar-refractivity contribution < 1.29 is 9.32 Å². The van der Waals surface area contributed by atoms with Gasteiger partial charge in [0.2, 0.25) is 11.8 Å². The van der Waals surface area contributed by atoms with Gasteiger partial charge in [-0.15, -0.1) is 11.3 Å². The minimum absolute atomic E-state index is 0.0801. The maximum Gasteiger partial charge on any atom is 0.271 e. The standard InChI is InChI=1S/C13H13N5O3S/c1-8-15-10(21-16-8)5-17(2)11(19)6-18-7-14-9-3-4-22-12(9)13(18)20/h3-4,7H,5-6H2,1-2H3. The summed E-state index contributed by atoms with van der Waals surface area (Å²) in [5.74, 6) is 0.627. The van der Waals surface area contributed by atoms with Gasteiger partial charge in [0.1, 0.15) is 11.2 Å². The van der Waals surface area contributed by atoms with Crippen molar-refractivity contribution >= 4 is 27.5 Å². The maximum atomic E-state index is 12.2. The highest BCUT2D eigenvalue weighted by Gasteiger charge is 2.15. The molecule has 0 bridgehead atoms. The van der Waals surface area contributed by atoms with Crippen LogP contribution in [0.25, 0.3) is 10.2 Å². The van der Waals surface area contributed by atoms with E-state index in [-0.39, 0.29) is 24.6 Å². The van der Waals surface area contributed by atoms with Crippen molar-refractivity contribution in [1.82, 2.24) is 24.6 Å². The van der Waals surface area contributed by atoms with E-state index in [1.807, 2.05) is 0 Å². The molecule has 0 saturated carbocycles. The van der Waals surface area contributed by atoms with Crippen LogP contribution in [-0.4, -0.2) is 37.5 Å². The minimum Gasteiger partial charge on any atom is -0.337 e. The van der Waals surface area contributed by atoms with Gasteiger partial charge in [0.25, 0.3) is 5.56 Å². The normalized spacial score (nSPS) is 11.0. The molecule has 0 unspecified atom stereocenters. The first kappa shape index (κ1) is 14.4. The fourth-order valence-electron chi connectivity index (χ4n) is 1.95. The van der Waals surface area contributed by atoms with Crippen molar-refractivity contribution in [2.75, 3.05) is 7.05 Å². The molecule has 0 aliphatic rings. The second-order valence-corrected chi connectivity index (χ2v) is 5.71. The average molecular weight is 319 g/mol. The number of aryl methyl sites for hydroxylation is 1. The summed E-state index contributed by atoms with van der Waals surface area (Å²) in [7, 11) is 1.62. The van der Waals surface area contributed by atoms with Gasteiger partial charge in [-0.05, 0) is 18.4 Å². The Morgan fingerprint density at radius 1 is 1.50 bits per heavy atom. The molecule has 114 valence electrons. The number of likely N-dealkylation sites (N-methyl/N-ethyl adjacent to an activating group) is 1. The number of rotatable bonds is 4. The van der Waals surface area contributed by atoms with E-state index in [9.17, 15) is 9.59 Å². The van der Waals surface area contributed by atoms with Crippen LogP contribution in [0, 0.1) is 6.92 Å². The molecule has 0 saturated heterocycles. The van der Waals surface area contributed by atoms with Crippen LogP contribution in [0.2, 0.25) is 0 Å². The number of thiophene rings is 1. The second kappa shape index (κ2) is 5.68. The first-order valence-electron chi connectivity index (χ1n) is 6.50. The van der Waals surface area contributed by atoms with E-state index < -0.39 is 0 Å². The quantitative estimate of drug-likeness (QED) is 0.706. The number of hydrogen-bond acceptors (Lipinski definition) is 7. The van der Waals surface area contributed by atoms with Crippen LogP contribution >= 0.6 is 11.3 Å².